The van der Waals surface area contributed by atoms with Crippen molar-refractivity contribution in [2.24, 2.45) is 5.92 Å². The van der Waals surface area contributed by atoms with Gasteiger partial charge in [-0.2, -0.15) is 5.21 Å². The fourth-order valence-corrected chi connectivity index (χ4v) is 4.15. The molecule has 0 saturated carbocycles. The third-order valence-corrected chi connectivity index (χ3v) is 5.97. The highest BCUT2D eigenvalue weighted by molar-refractivity contribution is 5.88. The molecular weight excluding hydrogens is 466 g/mol. The van der Waals surface area contributed by atoms with Crippen molar-refractivity contribution in [1.29, 1.82) is 0 Å². The van der Waals surface area contributed by atoms with Gasteiger partial charge in [-0.05, 0) is 58.9 Å². The summed E-state index contributed by atoms with van der Waals surface area (Å²) in [6, 6.07) is 26.3. The lowest BCUT2D eigenvalue weighted by atomic mass is 9.91. The van der Waals surface area contributed by atoms with Crippen molar-refractivity contribution in [2.75, 3.05) is 11.9 Å². The smallest absolute Gasteiger partial charge is 0.269 e. The Morgan fingerprint density at radius 2 is 1.73 bits per heavy atom. The number of aromatic nitrogens is 4. The molecule has 1 heterocycles. The van der Waals surface area contributed by atoms with Crippen LogP contribution in [0.4, 0.5) is 5.95 Å². The second-order valence-electron chi connectivity index (χ2n) is 9.38. The second-order valence-corrected chi connectivity index (χ2v) is 9.38. The van der Waals surface area contributed by atoms with E-state index in [0.717, 1.165) is 29.0 Å². The van der Waals surface area contributed by atoms with E-state index in [0.29, 0.717) is 25.6 Å². The largest absolute Gasteiger partial charge is 0.493 e. The predicted molar refractivity (Wildman–Crippen MR) is 142 cm³/mol. The number of nitrogens with zero attached hydrogens (tertiary/aromatic N) is 3. The molecule has 0 fully saturated rings. The van der Waals surface area contributed by atoms with Crippen LogP contribution in [0.15, 0.2) is 78.9 Å². The minimum Gasteiger partial charge on any atom is -0.493 e. The summed E-state index contributed by atoms with van der Waals surface area (Å²) in [7, 11) is 0. The Hall–Kier alpha value is -4.20. The number of carbonyl (C=O) groups excluding carboxylic acids is 1. The average molecular weight is 500 g/mol. The molecule has 0 aliphatic heterocycles. The maximum Gasteiger partial charge on any atom is 0.269 e. The maximum absolute atomic E-state index is 12.4. The highest BCUT2D eigenvalue weighted by atomic mass is 16.5. The Morgan fingerprint density at radius 3 is 2.43 bits per heavy atom. The molecule has 0 aliphatic rings. The maximum atomic E-state index is 12.4. The highest BCUT2D eigenvalue weighted by Crippen LogP contribution is 2.28. The van der Waals surface area contributed by atoms with Crippen LogP contribution < -0.4 is 14.8 Å². The number of carbonyl (C=O) groups is 1. The third kappa shape index (κ3) is 8.17. The fraction of sp³-hybridized carbons (Fsp3) is 0.310. The van der Waals surface area contributed by atoms with Gasteiger partial charge in [0.2, 0.25) is 5.91 Å². The van der Waals surface area contributed by atoms with Crippen molar-refractivity contribution in [1.82, 2.24) is 20.6 Å². The minimum atomic E-state index is -0.189. The molecule has 1 amide bonds. The summed E-state index contributed by atoms with van der Waals surface area (Å²) in [5.74, 6) is 2.35. The number of tetrazole rings is 1. The van der Waals surface area contributed by atoms with E-state index in [2.05, 4.69) is 64.1 Å². The second kappa shape index (κ2) is 13.2. The summed E-state index contributed by atoms with van der Waals surface area (Å²) in [5.41, 5.74) is 3.22. The van der Waals surface area contributed by atoms with Crippen molar-refractivity contribution >= 4 is 11.9 Å². The molecule has 3 aromatic carbocycles. The molecule has 1 aromatic heterocycles. The van der Waals surface area contributed by atoms with Gasteiger partial charge in [0.1, 0.15) is 18.1 Å². The van der Waals surface area contributed by atoms with E-state index in [4.69, 9.17) is 9.47 Å². The van der Waals surface area contributed by atoms with E-state index in [-0.39, 0.29) is 24.2 Å². The normalized spacial score (nSPS) is 11.8. The number of benzene rings is 3. The van der Waals surface area contributed by atoms with Gasteiger partial charge in [0.15, 0.2) is 0 Å². The van der Waals surface area contributed by atoms with Crippen LogP contribution in [0, 0.1) is 5.92 Å². The van der Waals surface area contributed by atoms with Crippen LogP contribution in [0.5, 0.6) is 11.5 Å². The molecule has 0 saturated heterocycles. The van der Waals surface area contributed by atoms with Crippen molar-refractivity contribution in [3.05, 3.63) is 95.6 Å². The van der Waals surface area contributed by atoms with Crippen LogP contribution in [-0.4, -0.2) is 33.1 Å². The van der Waals surface area contributed by atoms with Gasteiger partial charge in [-0.1, -0.05) is 79.6 Å². The zero-order chi connectivity index (χ0) is 25.9. The average Bonchev–Trinajstić information content (AvgIpc) is 3.43. The third-order valence-electron chi connectivity index (χ3n) is 5.97. The number of para-hydroxylation sites is 1. The van der Waals surface area contributed by atoms with E-state index in [1.54, 1.807) is 0 Å². The standard InChI is InChI=1S/C29H33N5O3/c1-21(2)17-25(23-9-5-3-6-10-23)20-37-27-18-22(19-36-26-11-7-4-8-12-26)13-14-24(27)15-16-28(35)30-29-31-33-34-32-29/h3-14,18,21,25H,15-17,19-20H2,1-2H3,(H2,30,31,32,33,34,35). The van der Waals surface area contributed by atoms with E-state index in [1.165, 1.54) is 5.56 Å². The molecule has 8 heteroatoms. The Kier molecular flexibility index (Phi) is 9.23. The molecule has 0 spiro atoms. The lowest BCUT2D eigenvalue weighted by molar-refractivity contribution is -0.116. The number of hydrogen-bond acceptors (Lipinski definition) is 6. The first-order valence-electron chi connectivity index (χ1n) is 12.6. The molecular formula is C29H33N5O3. The molecule has 4 aromatic rings. The number of amides is 1. The number of ether oxygens (including phenoxy) is 2. The number of hydrogen-bond donors (Lipinski definition) is 2. The summed E-state index contributed by atoms with van der Waals surface area (Å²) in [6.07, 6.45) is 1.79. The summed E-state index contributed by atoms with van der Waals surface area (Å²) < 4.78 is 12.4. The van der Waals surface area contributed by atoms with Crippen LogP contribution in [0.25, 0.3) is 0 Å². The number of H-pyrrole nitrogens is 1. The quantitative estimate of drug-likeness (QED) is 0.250. The Labute approximate surface area is 217 Å². The molecule has 0 aliphatic carbocycles. The molecule has 192 valence electrons. The van der Waals surface area contributed by atoms with Gasteiger partial charge in [0, 0.05) is 12.3 Å². The van der Waals surface area contributed by atoms with Crippen LogP contribution in [0.1, 0.15) is 49.3 Å². The van der Waals surface area contributed by atoms with E-state index >= 15 is 0 Å². The zero-order valence-corrected chi connectivity index (χ0v) is 21.3. The molecule has 0 bridgehead atoms. The van der Waals surface area contributed by atoms with Gasteiger partial charge in [0.05, 0.1) is 6.61 Å². The van der Waals surface area contributed by atoms with Crippen LogP contribution in [0.3, 0.4) is 0 Å². The van der Waals surface area contributed by atoms with Gasteiger partial charge >= 0.3 is 0 Å². The summed E-state index contributed by atoms with van der Waals surface area (Å²) >= 11 is 0. The zero-order valence-electron chi connectivity index (χ0n) is 21.3. The number of nitrogens with one attached hydrogen (secondary N) is 2. The van der Waals surface area contributed by atoms with Crippen LogP contribution >= 0.6 is 0 Å². The summed E-state index contributed by atoms with van der Waals surface area (Å²) in [4.78, 5) is 12.4. The Balaban J connectivity index is 1.48. The molecule has 1 unspecified atom stereocenters. The molecule has 8 nitrogen and oxygen atoms in total. The number of rotatable bonds is 13. The molecule has 37 heavy (non-hydrogen) atoms. The van der Waals surface area contributed by atoms with Crippen molar-refractivity contribution < 1.29 is 14.3 Å². The summed E-state index contributed by atoms with van der Waals surface area (Å²) in [5, 5.41) is 16.0. The molecule has 2 N–H and O–H groups in total. The van der Waals surface area contributed by atoms with Gasteiger partial charge in [-0.25, -0.2) is 0 Å². The van der Waals surface area contributed by atoms with Gasteiger partial charge in [-0.3, -0.25) is 10.1 Å². The first-order chi connectivity index (χ1) is 18.1. The van der Waals surface area contributed by atoms with Crippen molar-refractivity contribution in [3.63, 3.8) is 0 Å². The minimum absolute atomic E-state index is 0.161. The van der Waals surface area contributed by atoms with Gasteiger partial charge in [0.25, 0.3) is 5.95 Å². The van der Waals surface area contributed by atoms with Gasteiger partial charge in [-0.15, -0.1) is 5.10 Å². The molecule has 4 rings (SSSR count). The monoisotopic (exact) mass is 499 g/mol. The van der Waals surface area contributed by atoms with Crippen LogP contribution in [-0.2, 0) is 17.8 Å². The number of aryl methyl sites for hydroxylation is 1. The Bertz CT molecular complexity index is 1230. The summed E-state index contributed by atoms with van der Waals surface area (Å²) in [6.45, 7) is 5.43. The number of anilines is 1. The highest BCUT2D eigenvalue weighted by Gasteiger charge is 2.17. The molecule has 1 atom stereocenters. The van der Waals surface area contributed by atoms with E-state index in [1.807, 2.05) is 54.6 Å². The lowest BCUT2D eigenvalue weighted by Gasteiger charge is -2.22. The lowest BCUT2D eigenvalue weighted by Crippen LogP contribution is -2.15. The SMILES string of the molecule is CC(C)CC(COc1cc(COc2ccccc2)ccc1CCC(=O)Nc1nn[nH]n1)c1ccccc1. The van der Waals surface area contributed by atoms with E-state index < -0.39 is 0 Å². The van der Waals surface area contributed by atoms with E-state index in [9.17, 15) is 4.79 Å². The molecule has 0 radical (unpaired) electrons. The van der Waals surface area contributed by atoms with Crippen molar-refractivity contribution in [2.45, 2.75) is 45.6 Å². The van der Waals surface area contributed by atoms with Crippen molar-refractivity contribution in [3.8, 4) is 11.5 Å². The Morgan fingerprint density at radius 1 is 0.973 bits per heavy atom. The van der Waals surface area contributed by atoms with Crippen LogP contribution in [0.2, 0.25) is 0 Å². The topological polar surface area (TPSA) is 102 Å². The van der Waals surface area contributed by atoms with Gasteiger partial charge < -0.3 is 9.47 Å². The first kappa shape index (κ1) is 25.9. The first-order valence-corrected chi connectivity index (χ1v) is 12.6. The predicted octanol–water partition coefficient (Wildman–Crippen LogP) is 5.56. The number of aromatic amines is 1. The fourth-order valence-electron chi connectivity index (χ4n) is 4.15.